The molecule has 0 N–H and O–H groups in total. The molecule has 0 saturated carbocycles. The van der Waals surface area contributed by atoms with Crippen LogP contribution in [0.5, 0.6) is 0 Å². The average molecular weight is 348 g/mol. The monoisotopic (exact) mass is 348 g/mol. The number of amides is 1. The van der Waals surface area contributed by atoms with E-state index < -0.39 is 0 Å². The van der Waals surface area contributed by atoms with Crippen molar-refractivity contribution in [2.45, 2.75) is 26.8 Å². The van der Waals surface area contributed by atoms with Gasteiger partial charge in [0.15, 0.2) is 0 Å². The molecule has 0 atom stereocenters. The summed E-state index contributed by atoms with van der Waals surface area (Å²) >= 11 is 0. The van der Waals surface area contributed by atoms with Crippen LogP contribution in [0.4, 0.5) is 0 Å². The molecule has 1 amide bonds. The maximum absolute atomic E-state index is 12.5. The highest BCUT2D eigenvalue weighted by molar-refractivity contribution is 5.91. The summed E-state index contributed by atoms with van der Waals surface area (Å²) in [5.41, 5.74) is 4.94. The predicted molar refractivity (Wildman–Crippen MR) is 108 cm³/mol. The molecular weight excluding hydrogens is 320 g/mol. The highest BCUT2D eigenvalue weighted by Gasteiger charge is 2.17. The second-order valence-corrected chi connectivity index (χ2v) is 7.18. The smallest absolute Gasteiger partial charge is 0.246 e. The van der Waals surface area contributed by atoms with Crippen LogP contribution in [0.15, 0.2) is 54.6 Å². The summed E-state index contributed by atoms with van der Waals surface area (Å²) in [5.74, 6) is 0.114. The van der Waals surface area contributed by atoms with Crippen LogP contribution in [0.3, 0.4) is 0 Å². The number of carbonyl (C=O) groups is 1. The van der Waals surface area contributed by atoms with Gasteiger partial charge in [0.2, 0.25) is 5.91 Å². The van der Waals surface area contributed by atoms with E-state index in [-0.39, 0.29) is 5.91 Å². The zero-order valence-electron chi connectivity index (χ0n) is 15.8. The summed E-state index contributed by atoms with van der Waals surface area (Å²) in [7, 11) is 0. The quantitative estimate of drug-likeness (QED) is 0.778. The highest BCUT2D eigenvalue weighted by atomic mass is 16.2. The van der Waals surface area contributed by atoms with E-state index in [0.717, 1.165) is 44.7 Å². The highest BCUT2D eigenvalue weighted by Crippen LogP contribution is 2.11. The molecule has 0 aliphatic carbocycles. The first-order valence-electron chi connectivity index (χ1n) is 9.42. The van der Waals surface area contributed by atoms with Gasteiger partial charge in [0.25, 0.3) is 0 Å². The fraction of sp³-hybridized carbons (Fsp3) is 0.348. The van der Waals surface area contributed by atoms with Gasteiger partial charge in [0, 0.05) is 38.8 Å². The minimum atomic E-state index is 0.114. The number of hydrogen-bond acceptors (Lipinski definition) is 2. The SMILES string of the molecule is Cc1ccc(/C=C\C(=O)N2CCCN(Cc3ccc(C)cc3)CC2)cc1. The van der Waals surface area contributed by atoms with Crippen molar-refractivity contribution in [3.05, 3.63) is 76.9 Å². The summed E-state index contributed by atoms with van der Waals surface area (Å²) in [6.07, 6.45) is 4.65. The van der Waals surface area contributed by atoms with Crippen LogP contribution in [0.1, 0.15) is 28.7 Å². The summed E-state index contributed by atoms with van der Waals surface area (Å²) in [4.78, 5) is 16.9. The van der Waals surface area contributed by atoms with E-state index in [1.165, 1.54) is 16.7 Å². The van der Waals surface area contributed by atoms with Gasteiger partial charge in [-0.05, 0) is 37.5 Å². The summed E-state index contributed by atoms with van der Waals surface area (Å²) in [6, 6.07) is 17.0. The molecule has 0 radical (unpaired) electrons. The Labute approximate surface area is 156 Å². The molecule has 1 fully saturated rings. The first kappa shape index (κ1) is 18.4. The Morgan fingerprint density at radius 2 is 1.54 bits per heavy atom. The zero-order valence-corrected chi connectivity index (χ0v) is 15.8. The van der Waals surface area contributed by atoms with E-state index in [1.54, 1.807) is 6.08 Å². The van der Waals surface area contributed by atoms with Crippen molar-refractivity contribution < 1.29 is 4.79 Å². The Morgan fingerprint density at radius 3 is 2.23 bits per heavy atom. The van der Waals surface area contributed by atoms with Gasteiger partial charge >= 0.3 is 0 Å². The normalized spacial score (nSPS) is 16.0. The van der Waals surface area contributed by atoms with E-state index in [2.05, 4.69) is 55.1 Å². The Morgan fingerprint density at radius 1 is 0.885 bits per heavy atom. The third-order valence-electron chi connectivity index (χ3n) is 4.92. The lowest BCUT2D eigenvalue weighted by Gasteiger charge is -2.21. The molecule has 1 heterocycles. The first-order valence-corrected chi connectivity index (χ1v) is 9.42. The molecule has 3 rings (SSSR count). The summed E-state index contributed by atoms with van der Waals surface area (Å²) in [6.45, 7) is 8.74. The molecule has 136 valence electrons. The Hall–Kier alpha value is -2.39. The van der Waals surface area contributed by atoms with Crippen molar-refractivity contribution in [1.29, 1.82) is 0 Å². The number of aryl methyl sites for hydroxylation is 2. The number of rotatable bonds is 4. The van der Waals surface area contributed by atoms with Crippen LogP contribution in [-0.4, -0.2) is 41.9 Å². The van der Waals surface area contributed by atoms with Crippen molar-refractivity contribution in [1.82, 2.24) is 9.80 Å². The third kappa shape index (κ3) is 5.30. The number of nitrogens with zero attached hydrogens (tertiary/aromatic N) is 2. The van der Waals surface area contributed by atoms with Gasteiger partial charge in [-0.25, -0.2) is 0 Å². The third-order valence-corrected chi connectivity index (χ3v) is 4.92. The van der Waals surface area contributed by atoms with Crippen LogP contribution in [0.25, 0.3) is 6.08 Å². The van der Waals surface area contributed by atoms with Crippen molar-refractivity contribution in [2.24, 2.45) is 0 Å². The molecule has 3 nitrogen and oxygen atoms in total. The molecule has 26 heavy (non-hydrogen) atoms. The van der Waals surface area contributed by atoms with Gasteiger partial charge in [0.05, 0.1) is 0 Å². The van der Waals surface area contributed by atoms with E-state index in [4.69, 9.17) is 0 Å². The fourth-order valence-corrected chi connectivity index (χ4v) is 3.25. The molecule has 0 spiro atoms. The van der Waals surface area contributed by atoms with Crippen molar-refractivity contribution in [3.63, 3.8) is 0 Å². The molecule has 2 aromatic rings. The molecular formula is C23H28N2O. The van der Waals surface area contributed by atoms with Crippen LogP contribution in [-0.2, 0) is 11.3 Å². The van der Waals surface area contributed by atoms with Gasteiger partial charge in [0.1, 0.15) is 0 Å². The Kier molecular flexibility index (Phi) is 6.24. The Bertz CT molecular complexity index is 747. The van der Waals surface area contributed by atoms with E-state index in [1.807, 2.05) is 23.1 Å². The van der Waals surface area contributed by atoms with Gasteiger partial charge < -0.3 is 4.90 Å². The van der Waals surface area contributed by atoms with Crippen LogP contribution >= 0.6 is 0 Å². The van der Waals surface area contributed by atoms with Crippen LogP contribution < -0.4 is 0 Å². The summed E-state index contributed by atoms with van der Waals surface area (Å²) < 4.78 is 0. The van der Waals surface area contributed by atoms with E-state index in [0.29, 0.717) is 0 Å². The molecule has 2 aromatic carbocycles. The van der Waals surface area contributed by atoms with Gasteiger partial charge in [-0.3, -0.25) is 9.69 Å². The maximum atomic E-state index is 12.5. The van der Waals surface area contributed by atoms with Crippen molar-refractivity contribution >= 4 is 12.0 Å². The van der Waals surface area contributed by atoms with Gasteiger partial charge in [-0.15, -0.1) is 0 Å². The lowest BCUT2D eigenvalue weighted by Crippen LogP contribution is -2.34. The molecule has 0 aromatic heterocycles. The molecule has 1 aliphatic rings. The van der Waals surface area contributed by atoms with Gasteiger partial charge in [-0.1, -0.05) is 59.7 Å². The first-order chi connectivity index (χ1) is 12.6. The number of benzene rings is 2. The molecule has 0 unspecified atom stereocenters. The van der Waals surface area contributed by atoms with Crippen LogP contribution in [0, 0.1) is 13.8 Å². The van der Waals surface area contributed by atoms with Gasteiger partial charge in [-0.2, -0.15) is 0 Å². The topological polar surface area (TPSA) is 23.6 Å². The van der Waals surface area contributed by atoms with Crippen molar-refractivity contribution in [3.8, 4) is 0 Å². The largest absolute Gasteiger partial charge is 0.338 e. The minimum Gasteiger partial charge on any atom is -0.338 e. The maximum Gasteiger partial charge on any atom is 0.246 e. The number of hydrogen-bond donors (Lipinski definition) is 0. The molecule has 1 saturated heterocycles. The van der Waals surface area contributed by atoms with Crippen molar-refractivity contribution in [2.75, 3.05) is 26.2 Å². The average Bonchev–Trinajstić information content (AvgIpc) is 2.88. The lowest BCUT2D eigenvalue weighted by atomic mass is 10.1. The molecule has 0 bridgehead atoms. The number of carbonyl (C=O) groups excluding carboxylic acids is 1. The van der Waals surface area contributed by atoms with E-state index >= 15 is 0 Å². The second kappa shape index (κ2) is 8.81. The zero-order chi connectivity index (χ0) is 18.4. The Balaban J connectivity index is 1.53. The second-order valence-electron chi connectivity index (χ2n) is 7.18. The predicted octanol–water partition coefficient (Wildman–Crippen LogP) is 4.05. The van der Waals surface area contributed by atoms with E-state index in [9.17, 15) is 4.79 Å². The fourth-order valence-electron chi connectivity index (χ4n) is 3.25. The summed E-state index contributed by atoms with van der Waals surface area (Å²) in [5, 5.41) is 0. The molecule has 3 heteroatoms. The lowest BCUT2D eigenvalue weighted by molar-refractivity contribution is -0.125. The minimum absolute atomic E-state index is 0.114. The molecule has 1 aliphatic heterocycles. The standard InChI is InChI=1S/C23H28N2O/c1-19-4-8-21(9-5-19)12-13-23(26)25-15-3-14-24(16-17-25)18-22-10-6-20(2)7-11-22/h4-13H,3,14-18H2,1-2H3/b13-12-. The van der Waals surface area contributed by atoms with Crippen LogP contribution in [0.2, 0.25) is 0 Å².